The molecule has 114 valence electrons. The van der Waals surface area contributed by atoms with Gasteiger partial charge < -0.3 is 27.8 Å². The van der Waals surface area contributed by atoms with Crippen LogP contribution < -0.4 is 22.9 Å². The quantitative estimate of drug-likeness (QED) is 0.352. The highest BCUT2D eigenvalue weighted by Crippen LogP contribution is 2.05. The first-order valence-corrected chi connectivity index (χ1v) is 7.32. The number of nitrogens with two attached hydrogens (primary N) is 4. The fourth-order valence-corrected chi connectivity index (χ4v) is 1.93. The topological polar surface area (TPSA) is 124 Å². The van der Waals surface area contributed by atoms with Crippen LogP contribution in [0.3, 0.4) is 0 Å². The second kappa shape index (κ2) is 12.3. The van der Waals surface area contributed by atoms with Crippen molar-refractivity contribution in [2.75, 3.05) is 32.7 Å². The van der Waals surface area contributed by atoms with Gasteiger partial charge in [0.15, 0.2) is 0 Å². The average molecular weight is 273 g/mol. The Labute approximate surface area is 116 Å². The monoisotopic (exact) mass is 273 g/mol. The van der Waals surface area contributed by atoms with Gasteiger partial charge in [0.25, 0.3) is 0 Å². The number of carbonyl (C=O) groups is 1. The summed E-state index contributed by atoms with van der Waals surface area (Å²) >= 11 is 0. The zero-order valence-electron chi connectivity index (χ0n) is 12.0. The molecular weight excluding hydrogens is 242 g/mol. The third-order valence-electron chi connectivity index (χ3n) is 3.11. The molecule has 19 heavy (non-hydrogen) atoms. The van der Waals surface area contributed by atoms with E-state index in [9.17, 15) is 4.79 Å². The van der Waals surface area contributed by atoms with E-state index in [4.69, 9.17) is 22.9 Å². The molecule has 1 amide bonds. The third kappa shape index (κ3) is 8.93. The Morgan fingerprint density at radius 2 is 1.37 bits per heavy atom. The van der Waals surface area contributed by atoms with Gasteiger partial charge in [0.1, 0.15) is 0 Å². The van der Waals surface area contributed by atoms with Crippen LogP contribution in [0.25, 0.3) is 0 Å². The molecule has 0 saturated heterocycles. The molecule has 0 heterocycles. The normalized spacial score (nSPS) is 12.4. The van der Waals surface area contributed by atoms with Gasteiger partial charge in [-0.2, -0.15) is 0 Å². The summed E-state index contributed by atoms with van der Waals surface area (Å²) in [6.45, 7) is 3.30. The molecule has 0 fully saturated rings. The number of hydrogen-bond donors (Lipinski definition) is 4. The minimum absolute atomic E-state index is 0.0301. The Balaban J connectivity index is 4.17. The van der Waals surface area contributed by atoms with E-state index in [1.165, 1.54) is 0 Å². The van der Waals surface area contributed by atoms with Crippen LogP contribution in [0.15, 0.2) is 0 Å². The number of nitrogens with zero attached hydrogens (tertiary/aromatic N) is 1. The molecule has 0 aliphatic rings. The second-order valence-corrected chi connectivity index (χ2v) is 4.85. The van der Waals surface area contributed by atoms with E-state index in [-0.39, 0.29) is 5.91 Å². The van der Waals surface area contributed by atoms with Crippen molar-refractivity contribution >= 4 is 5.91 Å². The van der Waals surface area contributed by atoms with E-state index in [0.717, 1.165) is 38.6 Å². The van der Waals surface area contributed by atoms with Gasteiger partial charge in [0.2, 0.25) is 5.91 Å². The Bertz CT molecular complexity index is 225. The second-order valence-electron chi connectivity index (χ2n) is 4.85. The Kier molecular flexibility index (Phi) is 11.9. The molecule has 0 saturated carbocycles. The fourth-order valence-electron chi connectivity index (χ4n) is 1.93. The first-order valence-electron chi connectivity index (χ1n) is 7.32. The van der Waals surface area contributed by atoms with Crippen LogP contribution in [-0.2, 0) is 4.79 Å². The molecule has 1 atom stereocenters. The number of carbonyl (C=O) groups excluding carboxylic acids is 1. The predicted octanol–water partition coefficient (Wildman–Crippen LogP) is -0.641. The van der Waals surface area contributed by atoms with Gasteiger partial charge in [0.05, 0.1) is 6.04 Å². The van der Waals surface area contributed by atoms with E-state index in [1.54, 1.807) is 0 Å². The summed E-state index contributed by atoms with van der Waals surface area (Å²) in [6.07, 6.45) is 5.17. The van der Waals surface area contributed by atoms with Crippen molar-refractivity contribution in [1.82, 2.24) is 4.90 Å². The molecule has 0 rings (SSSR count). The highest BCUT2D eigenvalue weighted by atomic mass is 16.2. The van der Waals surface area contributed by atoms with Gasteiger partial charge in [-0.05, 0) is 51.7 Å². The SMILES string of the molecule is NCCCCC(N)C(=O)N(CCCN)CCCCN. The molecule has 0 aliphatic carbocycles. The molecular formula is C13H31N5O. The standard InChI is InChI=1S/C13H31N5O/c14-7-2-1-6-12(17)13(19)18(11-5-9-16)10-4-3-8-15/h12H,1-11,14-17H2. The first kappa shape index (κ1) is 18.3. The van der Waals surface area contributed by atoms with Crippen molar-refractivity contribution in [3.05, 3.63) is 0 Å². The fraction of sp³-hybridized carbons (Fsp3) is 0.923. The van der Waals surface area contributed by atoms with Gasteiger partial charge in [-0.25, -0.2) is 0 Å². The Morgan fingerprint density at radius 3 is 1.95 bits per heavy atom. The van der Waals surface area contributed by atoms with E-state index in [0.29, 0.717) is 32.6 Å². The summed E-state index contributed by atoms with van der Waals surface area (Å²) in [5, 5.41) is 0. The minimum Gasteiger partial charge on any atom is -0.341 e. The van der Waals surface area contributed by atoms with Crippen LogP contribution in [0.1, 0.15) is 38.5 Å². The number of amides is 1. The van der Waals surface area contributed by atoms with Crippen molar-refractivity contribution in [2.24, 2.45) is 22.9 Å². The van der Waals surface area contributed by atoms with Crippen molar-refractivity contribution in [3.63, 3.8) is 0 Å². The molecule has 0 radical (unpaired) electrons. The summed E-state index contributed by atoms with van der Waals surface area (Å²) in [5.74, 6) is 0.0301. The molecule has 0 aromatic carbocycles. The van der Waals surface area contributed by atoms with E-state index < -0.39 is 6.04 Å². The lowest BCUT2D eigenvalue weighted by atomic mass is 10.1. The maximum atomic E-state index is 12.2. The molecule has 6 heteroatoms. The minimum atomic E-state index is -0.415. The van der Waals surface area contributed by atoms with Gasteiger partial charge in [-0.1, -0.05) is 6.42 Å². The molecule has 1 unspecified atom stereocenters. The maximum absolute atomic E-state index is 12.2. The molecule has 6 nitrogen and oxygen atoms in total. The van der Waals surface area contributed by atoms with Crippen LogP contribution in [0.2, 0.25) is 0 Å². The summed E-state index contributed by atoms with van der Waals surface area (Å²) in [7, 11) is 0. The molecule has 0 spiro atoms. The van der Waals surface area contributed by atoms with E-state index >= 15 is 0 Å². The average Bonchev–Trinajstić information content (AvgIpc) is 2.42. The summed E-state index contributed by atoms with van der Waals surface area (Å²) in [6, 6.07) is -0.415. The molecule has 8 N–H and O–H groups in total. The number of rotatable bonds is 12. The molecule has 0 aromatic heterocycles. The van der Waals surface area contributed by atoms with Crippen molar-refractivity contribution < 1.29 is 4.79 Å². The zero-order valence-corrected chi connectivity index (χ0v) is 12.0. The Morgan fingerprint density at radius 1 is 0.842 bits per heavy atom. The van der Waals surface area contributed by atoms with Crippen LogP contribution in [0.4, 0.5) is 0 Å². The van der Waals surface area contributed by atoms with Crippen LogP contribution in [0.5, 0.6) is 0 Å². The van der Waals surface area contributed by atoms with Crippen molar-refractivity contribution in [2.45, 2.75) is 44.6 Å². The number of unbranched alkanes of at least 4 members (excludes halogenated alkanes) is 2. The van der Waals surface area contributed by atoms with E-state index in [1.807, 2.05) is 4.90 Å². The first-order chi connectivity index (χ1) is 9.17. The van der Waals surface area contributed by atoms with Crippen molar-refractivity contribution in [3.8, 4) is 0 Å². The van der Waals surface area contributed by atoms with Crippen LogP contribution in [0, 0.1) is 0 Å². The Hall–Kier alpha value is -0.690. The zero-order chi connectivity index (χ0) is 14.5. The van der Waals surface area contributed by atoms with Gasteiger partial charge in [-0.15, -0.1) is 0 Å². The lowest BCUT2D eigenvalue weighted by Gasteiger charge is -2.25. The maximum Gasteiger partial charge on any atom is 0.239 e. The highest BCUT2D eigenvalue weighted by Gasteiger charge is 2.19. The van der Waals surface area contributed by atoms with Crippen LogP contribution in [-0.4, -0.2) is 49.6 Å². The summed E-state index contributed by atoms with van der Waals surface area (Å²) in [4.78, 5) is 14.1. The third-order valence-corrected chi connectivity index (χ3v) is 3.11. The molecule has 0 bridgehead atoms. The molecule has 0 aliphatic heterocycles. The molecule has 0 aromatic rings. The smallest absolute Gasteiger partial charge is 0.239 e. The summed E-state index contributed by atoms with van der Waals surface area (Å²) < 4.78 is 0. The van der Waals surface area contributed by atoms with Crippen molar-refractivity contribution in [1.29, 1.82) is 0 Å². The van der Waals surface area contributed by atoms with Gasteiger partial charge >= 0.3 is 0 Å². The highest BCUT2D eigenvalue weighted by molar-refractivity contribution is 5.81. The number of hydrogen-bond acceptors (Lipinski definition) is 5. The van der Waals surface area contributed by atoms with Gasteiger partial charge in [0, 0.05) is 13.1 Å². The van der Waals surface area contributed by atoms with Crippen LogP contribution >= 0.6 is 0 Å². The lowest BCUT2D eigenvalue weighted by molar-refractivity contribution is -0.132. The summed E-state index contributed by atoms with van der Waals surface area (Å²) in [5.41, 5.74) is 22.4. The lowest BCUT2D eigenvalue weighted by Crippen LogP contribution is -2.45. The predicted molar refractivity (Wildman–Crippen MR) is 79.4 cm³/mol. The van der Waals surface area contributed by atoms with E-state index in [2.05, 4.69) is 0 Å². The largest absolute Gasteiger partial charge is 0.341 e. The van der Waals surface area contributed by atoms with Gasteiger partial charge in [-0.3, -0.25) is 4.79 Å².